The highest BCUT2D eigenvalue weighted by Crippen LogP contribution is 2.34. The molecule has 0 bridgehead atoms. The number of ether oxygens (including phenoxy) is 1. The van der Waals surface area contributed by atoms with Crippen molar-refractivity contribution in [2.45, 2.75) is 26.7 Å². The van der Waals surface area contributed by atoms with E-state index in [9.17, 15) is 9.18 Å². The van der Waals surface area contributed by atoms with Gasteiger partial charge in [-0.05, 0) is 78.8 Å². The molecule has 1 aliphatic heterocycles. The van der Waals surface area contributed by atoms with Gasteiger partial charge < -0.3 is 9.84 Å². The van der Waals surface area contributed by atoms with E-state index < -0.39 is 5.97 Å². The molecule has 0 saturated carbocycles. The van der Waals surface area contributed by atoms with Crippen LogP contribution in [0.1, 0.15) is 37.0 Å². The predicted octanol–water partition coefficient (Wildman–Crippen LogP) is 5.04. The van der Waals surface area contributed by atoms with Crippen molar-refractivity contribution in [3.63, 3.8) is 0 Å². The Morgan fingerprint density at radius 1 is 1.19 bits per heavy atom. The summed E-state index contributed by atoms with van der Waals surface area (Å²) in [6.45, 7) is 6.81. The van der Waals surface area contributed by atoms with E-state index in [2.05, 4.69) is 24.0 Å². The van der Waals surface area contributed by atoms with Crippen LogP contribution in [0.15, 0.2) is 53.6 Å². The number of aliphatic carboxylic acids is 1. The fourth-order valence-corrected chi connectivity index (χ4v) is 4.30. The summed E-state index contributed by atoms with van der Waals surface area (Å²) < 4.78 is 19.0. The van der Waals surface area contributed by atoms with E-state index in [4.69, 9.17) is 9.84 Å². The maximum Gasteiger partial charge on any atom is 0.309 e. The van der Waals surface area contributed by atoms with E-state index in [1.807, 2.05) is 19.1 Å². The maximum absolute atomic E-state index is 13.0. The molecule has 0 amide bonds. The van der Waals surface area contributed by atoms with Gasteiger partial charge in [-0.3, -0.25) is 9.69 Å². The number of benzene rings is 2. The largest absolute Gasteiger partial charge is 0.489 e. The van der Waals surface area contributed by atoms with E-state index in [0.717, 1.165) is 36.3 Å². The summed E-state index contributed by atoms with van der Waals surface area (Å²) in [7, 11) is 0. The van der Waals surface area contributed by atoms with Crippen LogP contribution in [-0.4, -0.2) is 42.2 Å². The molecular weight excluding hydrogens is 393 g/mol. The molecule has 4 nitrogen and oxygen atoms in total. The Bertz CT molecular complexity index is 1030. The van der Waals surface area contributed by atoms with E-state index >= 15 is 0 Å². The Hall–Kier alpha value is -2.92. The number of hydrogen-bond acceptors (Lipinski definition) is 3. The van der Waals surface area contributed by atoms with Gasteiger partial charge in [0.25, 0.3) is 0 Å². The topological polar surface area (TPSA) is 49.8 Å². The molecule has 0 radical (unpaired) electrons. The first-order valence-corrected chi connectivity index (χ1v) is 10.7. The molecule has 2 aromatic carbocycles. The fraction of sp³-hybridized carbons (Fsp3) is 0.346. The number of halogens is 1. The van der Waals surface area contributed by atoms with Crippen LogP contribution in [0.4, 0.5) is 4.39 Å². The Labute approximate surface area is 182 Å². The van der Waals surface area contributed by atoms with Crippen molar-refractivity contribution < 1.29 is 19.0 Å². The number of hydrogen-bond donors (Lipinski definition) is 1. The first-order chi connectivity index (χ1) is 14.9. The third-order valence-corrected chi connectivity index (χ3v) is 6.18. The van der Waals surface area contributed by atoms with Crippen molar-refractivity contribution in [3.05, 3.63) is 76.1 Å². The molecule has 31 heavy (non-hydrogen) atoms. The number of carbonyl (C=O) groups is 1. The Kier molecular flexibility index (Phi) is 6.23. The Balaban J connectivity index is 1.37. The second kappa shape index (κ2) is 9.06. The zero-order valence-electron chi connectivity index (χ0n) is 18.0. The van der Waals surface area contributed by atoms with Gasteiger partial charge in [0.1, 0.15) is 18.2 Å². The van der Waals surface area contributed by atoms with Crippen molar-refractivity contribution >= 4 is 17.6 Å². The molecule has 0 atom stereocenters. The molecule has 1 aliphatic carbocycles. The number of fused-ring (bicyclic) bond motifs is 1. The van der Waals surface area contributed by atoms with E-state index in [1.54, 1.807) is 12.1 Å². The van der Waals surface area contributed by atoms with Crippen molar-refractivity contribution in [3.8, 4) is 5.75 Å². The third-order valence-electron chi connectivity index (χ3n) is 6.18. The van der Waals surface area contributed by atoms with Crippen LogP contribution in [0, 0.1) is 11.7 Å². The van der Waals surface area contributed by atoms with Crippen LogP contribution in [0.5, 0.6) is 5.75 Å². The summed E-state index contributed by atoms with van der Waals surface area (Å²) in [6, 6.07) is 12.7. The minimum Gasteiger partial charge on any atom is -0.489 e. The zero-order valence-corrected chi connectivity index (χ0v) is 18.0. The molecule has 0 aromatic heterocycles. The number of aryl methyl sites for hydroxylation is 1. The third kappa shape index (κ3) is 5.05. The van der Waals surface area contributed by atoms with E-state index in [-0.39, 0.29) is 11.7 Å². The molecule has 2 aliphatic rings. The smallest absolute Gasteiger partial charge is 0.309 e. The first kappa shape index (κ1) is 21.3. The van der Waals surface area contributed by atoms with Gasteiger partial charge in [0.2, 0.25) is 0 Å². The minimum atomic E-state index is -0.689. The lowest BCUT2D eigenvalue weighted by atomic mass is 9.85. The van der Waals surface area contributed by atoms with Crippen molar-refractivity contribution in [2.75, 3.05) is 26.2 Å². The summed E-state index contributed by atoms with van der Waals surface area (Å²) in [5, 5.41) is 9.06. The Morgan fingerprint density at radius 2 is 1.94 bits per heavy atom. The summed E-state index contributed by atoms with van der Waals surface area (Å²) in [5.74, 6) is -0.279. The number of allylic oxidation sites excluding steroid dienone is 1. The van der Waals surface area contributed by atoms with Gasteiger partial charge in [-0.15, -0.1) is 0 Å². The summed E-state index contributed by atoms with van der Waals surface area (Å²) in [5.41, 5.74) is 7.30. The highest BCUT2D eigenvalue weighted by Gasteiger charge is 2.33. The average molecular weight is 422 g/mol. The second-order valence-corrected chi connectivity index (χ2v) is 8.61. The predicted molar refractivity (Wildman–Crippen MR) is 120 cm³/mol. The van der Waals surface area contributed by atoms with Crippen molar-refractivity contribution in [1.29, 1.82) is 0 Å². The molecule has 4 rings (SSSR count). The SMILES string of the molecule is CC(=Cc1ccc(F)cc1)COc1ccc2c(c1)CCC(CN1CC(C(=O)O)C1)=C2C. The number of carboxylic acids is 1. The first-order valence-electron chi connectivity index (χ1n) is 10.7. The van der Waals surface area contributed by atoms with E-state index in [1.165, 1.54) is 34.4 Å². The molecule has 5 heteroatoms. The molecule has 1 heterocycles. The highest BCUT2D eigenvalue weighted by molar-refractivity contribution is 5.73. The normalized spacial score (nSPS) is 17.3. The highest BCUT2D eigenvalue weighted by atomic mass is 19.1. The van der Waals surface area contributed by atoms with Crippen molar-refractivity contribution in [1.82, 2.24) is 4.90 Å². The van der Waals surface area contributed by atoms with Gasteiger partial charge in [-0.2, -0.15) is 0 Å². The number of nitrogens with zero attached hydrogens (tertiary/aromatic N) is 1. The lowest BCUT2D eigenvalue weighted by molar-refractivity contribution is -0.147. The molecule has 2 aromatic rings. The lowest BCUT2D eigenvalue weighted by Crippen LogP contribution is -2.50. The van der Waals surface area contributed by atoms with Gasteiger partial charge in [-0.1, -0.05) is 29.8 Å². The summed E-state index contributed by atoms with van der Waals surface area (Å²) in [6.07, 6.45) is 3.97. The number of carboxylic acid groups (broad SMARTS) is 1. The van der Waals surface area contributed by atoms with Crippen LogP contribution in [0.3, 0.4) is 0 Å². The molecule has 1 saturated heterocycles. The van der Waals surface area contributed by atoms with Crippen LogP contribution < -0.4 is 4.74 Å². The molecule has 162 valence electrons. The maximum atomic E-state index is 13.0. The average Bonchev–Trinajstić information content (AvgIpc) is 2.71. The quantitative estimate of drug-likeness (QED) is 0.680. The molecule has 1 fully saturated rings. The van der Waals surface area contributed by atoms with Gasteiger partial charge in [0, 0.05) is 19.6 Å². The summed E-state index contributed by atoms with van der Waals surface area (Å²) in [4.78, 5) is 13.2. The molecular formula is C26H28FNO3. The second-order valence-electron chi connectivity index (χ2n) is 8.61. The fourth-order valence-electron chi connectivity index (χ4n) is 4.30. The van der Waals surface area contributed by atoms with Gasteiger partial charge in [-0.25, -0.2) is 4.39 Å². The van der Waals surface area contributed by atoms with Crippen LogP contribution in [0.25, 0.3) is 11.6 Å². The molecule has 0 unspecified atom stereocenters. The van der Waals surface area contributed by atoms with Gasteiger partial charge >= 0.3 is 5.97 Å². The van der Waals surface area contributed by atoms with Crippen LogP contribution in [0.2, 0.25) is 0 Å². The number of likely N-dealkylation sites (tertiary alicyclic amines) is 1. The van der Waals surface area contributed by atoms with Gasteiger partial charge in [0.05, 0.1) is 5.92 Å². The molecule has 1 N–H and O–H groups in total. The van der Waals surface area contributed by atoms with Crippen molar-refractivity contribution in [2.24, 2.45) is 5.92 Å². The zero-order chi connectivity index (χ0) is 22.0. The molecule has 0 spiro atoms. The minimum absolute atomic E-state index is 0.211. The monoisotopic (exact) mass is 421 g/mol. The lowest BCUT2D eigenvalue weighted by Gasteiger charge is -2.38. The number of rotatable bonds is 7. The summed E-state index contributed by atoms with van der Waals surface area (Å²) >= 11 is 0. The van der Waals surface area contributed by atoms with Crippen LogP contribution in [-0.2, 0) is 11.2 Å². The van der Waals surface area contributed by atoms with E-state index in [0.29, 0.717) is 19.7 Å². The van der Waals surface area contributed by atoms with Gasteiger partial charge in [0.15, 0.2) is 0 Å². The standard InChI is InChI=1S/C26H28FNO3/c1-17(11-19-3-7-23(27)8-4-19)16-31-24-9-10-25-18(2)21(6-5-20(25)12-24)13-28-14-22(15-28)26(29)30/h3-4,7-12,22H,5-6,13-16H2,1-2H3,(H,29,30). The van der Waals surface area contributed by atoms with Crippen LogP contribution >= 0.6 is 0 Å². The Morgan fingerprint density at radius 3 is 2.65 bits per heavy atom.